The first-order valence-electron chi connectivity index (χ1n) is 8.70. The average molecular weight is 365 g/mol. The molecule has 0 aliphatic carbocycles. The van der Waals surface area contributed by atoms with Gasteiger partial charge in [0.25, 0.3) is 10.0 Å². The fourth-order valence-corrected chi connectivity index (χ4v) is 3.83. The van der Waals surface area contributed by atoms with Gasteiger partial charge in [-0.3, -0.25) is 4.72 Å². The number of nitrogens with one attached hydrogen (secondary N) is 1. The van der Waals surface area contributed by atoms with Crippen LogP contribution in [-0.4, -0.2) is 8.42 Å². The van der Waals surface area contributed by atoms with Crippen LogP contribution < -0.4 is 4.72 Å². The monoisotopic (exact) mass is 365 g/mol. The van der Waals surface area contributed by atoms with Crippen LogP contribution in [0.4, 0.5) is 5.69 Å². The predicted molar refractivity (Wildman–Crippen MR) is 107 cm³/mol. The van der Waals surface area contributed by atoms with Crippen LogP contribution in [0.25, 0.3) is 0 Å². The first kappa shape index (κ1) is 18.2. The van der Waals surface area contributed by atoms with E-state index in [0.29, 0.717) is 11.6 Å². The lowest BCUT2D eigenvalue weighted by Crippen LogP contribution is -2.13. The van der Waals surface area contributed by atoms with Gasteiger partial charge in [0, 0.05) is 5.69 Å². The highest BCUT2D eigenvalue weighted by Gasteiger charge is 2.14. The largest absolute Gasteiger partial charge is 0.280 e. The molecule has 0 heterocycles. The smallest absolute Gasteiger partial charge is 0.261 e. The zero-order valence-corrected chi connectivity index (χ0v) is 15.8. The van der Waals surface area contributed by atoms with E-state index in [1.54, 1.807) is 24.3 Å². The summed E-state index contributed by atoms with van der Waals surface area (Å²) in [6.07, 6.45) is 0.824. The van der Waals surface area contributed by atoms with Crippen molar-refractivity contribution in [2.24, 2.45) is 0 Å². The van der Waals surface area contributed by atoms with Crippen LogP contribution >= 0.6 is 0 Å². The minimum Gasteiger partial charge on any atom is -0.280 e. The van der Waals surface area contributed by atoms with Crippen molar-refractivity contribution in [2.75, 3.05) is 4.72 Å². The standard InChI is InChI=1S/C22H23NO2S/c1-17(2)20-10-14-22(15-11-20)26(24,25)23-21-12-8-19(9-13-21)16-18-6-4-3-5-7-18/h3-15,17,23H,16H2,1-2H3. The molecule has 0 saturated carbocycles. The number of benzene rings is 3. The SMILES string of the molecule is CC(C)c1ccc(S(=O)(=O)Nc2ccc(Cc3ccccc3)cc2)cc1. The van der Waals surface area contributed by atoms with Crippen molar-refractivity contribution in [3.05, 3.63) is 95.6 Å². The van der Waals surface area contributed by atoms with E-state index >= 15 is 0 Å². The zero-order chi connectivity index (χ0) is 18.6. The Bertz CT molecular complexity index is 945. The van der Waals surface area contributed by atoms with Crippen molar-refractivity contribution in [3.8, 4) is 0 Å². The summed E-state index contributed by atoms with van der Waals surface area (Å²) in [4.78, 5) is 0.273. The molecule has 3 nitrogen and oxygen atoms in total. The Kier molecular flexibility index (Phi) is 5.43. The number of hydrogen-bond donors (Lipinski definition) is 1. The van der Waals surface area contributed by atoms with Gasteiger partial charge in [0.15, 0.2) is 0 Å². The van der Waals surface area contributed by atoms with E-state index in [0.717, 1.165) is 17.5 Å². The van der Waals surface area contributed by atoms with Crippen LogP contribution in [-0.2, 0) is 16.4 Å². The van der Waals surface area contributed by atoms with Gasteiger partial charge in [0.2, 0.25) is 0 Å². The topological polar surface area (TPSA) is 46.2 Å². The third-order valence-corrected chi connectivity index (χ3v) is 5.71. The molecule has 0 spiro atoms. The fraction of sp³-hybridized carbons (Fsp3) is 0.182. The Balaban J connectivity index is 1.71. The maximum atomic E-state index is 12.5. The first-order chi connectivity index (χ1) is 12.4. The maximum absolute atomic E-state index is 12.5. The third-order valence-electron chi connectivity index (χ3n) is 4.31. The molecular weight excluding hydrogens is 342 g/mol. The minimum atomic E-state index is -3.58. The minimum absolute atomic E-state index is 0.273. The lowest BCUT2D eigenvalue weighted by atomic mass is 10.0. The van der Waals surface area contributed by atoms with E-state index in [1.807, 2.05) is 42.5 Å². The van der Waals surface area contributed by atoms with Gasteiger partial charge >= 0.3 is 0 Å². The second-order valence-electron chi connectivity index (χ2n) is 6.69. The lowest BCUT2D eigenvalue weighted by Gasteiger charge is -2.11. The molecule has 0 aliphatic heterocycles. The zero-order valence-electron chi connectivity index (χ0n) is 15.0. The molecular formula is C22H23NO2S. The summed E-state index contributed by atoms with van der Waals surface area (Å²) >= 11 is 0. The Morgan fingerprint density at radius 3 is 1.92 bits per heavy atom. The van der Waals surface area contributed by atoms with Gasteiger partial charge in [0.05, 0.1) is 4.90 Å². The number of anilines is 1. The van der Waals surface area contributed by atoms with Gasteiger partial charge in [-0.1, -0.05) is 68.4 Å². The van der Waals surface area contributed by atoms with Gasteiger partial charge in [0.1, 0.15) is 0 Å². The molecule has 0 saturated heterocycles. The molecule has 26 heavy (non-hydrogen) atoms. The summed E-state index contributed by atoms with van der Waals surface area (Å²) in [5.41, 5.74) is 4.05. The molecule has 0 unspecified atom stereocenters. The Morgan fingerprint density at radius 2 is 1.35 bits per heavy atom. The summed E-state index contributed by atoms with van der Waals surface area (Å²) in [5, 5.41) is 0. The average Bonchev–Trinajstić information content (AvgIpc) is 2.64. The van der Waals surface area contributed by atoms with Crippen LogP contribution in [0.1, 0.15) is 36.5 Å². The molecule has 3 rings (SSSR count). The van der Waals surface area contributed by atoms with Gasteiger partial charge in [-0.15, -0.1) is 0 Å². The van der Waals surface area contributed by atoms with Crippen LogP contribution in [0, 0.1) is 0 Å². The second-order valence-corrected chi connectivity index (χ2v) is 8.37. The summed E-state index contributed by atoms with van der Waals surface area (Å²) < 4.78 is 27.7. The number of rotatable bonds is 6. The Morgan fingerprint density at radius 1 is 0.769 bits per heavy atom. The van der Waals surface area contributed by atoms with Crippen LogP contribution in [0.15, 0.2) is 83.8 Å². The van der Waals surface area contributed by atoms with E-state index in [1.165, 1.54) is 5.56 Å². The summed E-state index contributed by atoms with van der Waals surface area (Å²) in [6.45, 7) is 4.16. The molecule has 4 heteroatoms. The normalized spacial score (nSPS) is 11.5. The first-order valence-corrected chi connectivity index (χ1v) is 10.2. The van der Waals surface area contributed by atoms with Crippen LogP contribution in [0.5, 0.6) is 0 Å². The molecule has 0 atom stereocenters. The van der Waals surface area contributed by atoms with Gasteiger partial charge in [-0.25, -0.2) is 8.42 Å². The van der Waals surface area contributed by atoms with E-state index < -0.39 is 10.0 Å². The summed E-state index contributed by atoms with van der Waals surface area (Å²) in [7, 11) is -3.58. The van der Waals surface area contributed by atoms with Crippen molar-refractivity contribution >= 4 is 15.7 Å². The van der Waals surface area contributed by atoms with Crippen molar-refractivity contribution in [1.29, 1.82) is 0 Å². The fourth-order valence-electron chi connectivity index (χ4n) is 2.77. The quantitative estimate of drug-likeness (QED) is 0.652. The van der Waals surface area contributed by atoms with Crippen LogP contribution in [0.3, 0.4) is 0 Å². The van der Waals surface area contributed by atoms with Crippen molar-refractivity contribution in [2.45, 2.75) is 31.1 Å². The van der Waals surface area contributed by atoms with E-state index in [9.17, 15) is 8.42 Å². The van der Waals surface area contributed by atoms with E-state index in [2.05, 4.69) is 30.7 Å². The summed E-state index contributed by atoms with van der Waals surface area (Å²) in [5.74, 6) is 0.372. The van der Waals surface area contributed by atoms with Crippen molar-refractivity contribution < 1.29 is 8.42 Å². The predicted octanol–water partition coefficient (Wildman–Crippen LogP) is 5.20. The Hall–Kier alpha value is -2.59. The molecule has 0 radical (unpaired) electrons. The summed E-state index contributed by atoms with van der Waals surface area (Å²) in [6, 6.07) is 24.7. The third kappa shape index (κ3) is 4.52. The second kappa shape index (κ2) is 7.75. The van der Waals surface area contributed by atoms with Gasteiger partial charge in [-0.2, -0.15) is 0 Å². The van der Waals surface area contributed by atoms with Crippen molar-refractivity contribution in [1.82, 2.24) is 0 Å². The molecule has 0 fully saturated rings. The molecule has 0 aromatic heterocycles. The Labute approximate surface area is 155 Å². The highest BCUT2D eigenvalue weighted by Crippen LogP contribution is 2.20. The van der Waals surface area contributed by atoms with Crippen molar-refractivity contribution in [3.63, 3.8) is 0 Å². The molecule has 0 amide bonds. The molecule has 3 aromatic rings. The lowest BCUT2D eigenvalue weighted by molar-refractivity contribution is 0.601. The van der Waals surface area contributed by atoms with E-state index in [4.69, 9.17) is 0 Å². The molecule has 0 aliphatic rings. The maximum Gasteiger partial charge on any atom is 0.261 e. The van der Waals surface area contributed by atoms with E-state index in [-0.39, 0.29) is 4.90 Å². The molecule has 134 valence electrons. The number of sulfonamides is 1. The molecule has 1 N–H and O–H groups in total. The molecule has 0 bridgehead atoms. The van der Waals surface area contributed by atoms with Crippen LogP contribution in [0.2, 0.25) is 0 Å². The highest BCUT2D eigenvalue weighted by molar-refractivity contribution is 7.92. The molecule has 3 aromatic carbocycles. The van der Waals surface area contributed by atoms with Gasteiger partial charge < -0.3 is 0 Å². The van der Waals surface area contributed by atoms with Gasteiger partial charge in [-0.05, 0) is 53.3 Å². The highest BCUT2D eigenvalue weighted by atomic mass is 32.2. The number of hydrogen-bond acceptors (Lipinski definition) is 2.